The summed E-state index contributed by atoms with van der Waals surface area (Å²) in [6.45, 7) is 0. The van der Waals surface area contributed by atoms with Crippen LogP contribution < -0.4 is 5.56 Å². The molecule has 0 aliphatic carbocycles. The Balaban J connectivity index is 2.05. The minimum Gasteiger partial charge on any atom is -0.478 e. The number of aromatic nitrogens is 3. The summed E-state index contributed by atoms with van der Waals surface area (Å²) in [7, 11) is 0. The third-order valence-corrected chi connectivity index (χ3v) is 2.84. The largest absolute Gasteiger partial charge is 0.478 e. The number of pyridine rings is 1. The Morgan fingerprint density at radius 1 is 1.10 bits per heavy atom. The topological polar surface area (TPSA) is 109 Å². The van der Waals surface area contributed by atoms with E-state index >= 15 is 0 Å². The van der Waals surface area contributed by atoms with Crippen molar-refractivity contribution in [1.29, 1.82) is 0 Å². The van der Waals surface area contributed by atoms with Crippen LogP contribution in [0.4, 0.5) is 0 Å². The van der Waals surface area contributed by atoms with Gasteiger partial charge in [0.05, 0.1) is 16.7 Å². The molecule has 0 aliphatic rings. The summed E-state index contributed by atoms with van der Waals surface area (Å²) in [5.74, 6) is -0.773. The van der Waals surface area contributed by atoms with E-state index in [-0.39, 0.29) is 22.9 Å². The molecule has 0 saturated carbocycles. The minimum absolute atomic E-state index is 0.0779. The molecule has 2 aromatic heterocycles. The van der Waals surface area contributed by atoms with Gasteiger partial charge in [-0.25, -0.2) is 4.79 Å². The molecule has 2 N–H and O–H groups in total. The summed E-state index contributed by atoms with van der Waals surface area (Å²) in [6, 6.07) is 9.23. The van der Waals surface area contributed by atoms with Crippen LogP contribution in [0.3, 0.4) is 0 Å². The van der Waals surface area contributed by atoms with Gasteiger partial charge in [0.1, 0.15) is 0 Å². The highest BCUT2D eigenvalue weighted by atomic mass is 16.4. The van der Waals surface area contributed by atoms with Crippen molar-refractivity contribution in [1.82, 2.24) is 15.2 Å². The normalized spacial score (nSPS) is 10.5. The molecule has 0 fully saturated rings. The Morgan fingerprint density at radius 2 is 1.86 bits per heavy atom. The lowest BCUT2D eigenvalue weighted by molar-refractivity contribution is 0.0697. The highest BCUT2D eigenvalue weighted by Gasteiger charge is 2.17. The Morgan fingerprint density at radius 3 is 2.57 bits per heavy atom. The Hall–Kier alpha value is -3.22. The monoisotopic (exact) mass is 283 g/mol. The number of nitrogens with one attached hydrogen (secondary N) is 1. The van der Waals surface area contributed by atoms with Crippen molar-refractivity contribution in [2.24, 2.45) is 0 Å². The van der Waals surface area contributed by atoms with Crippen LogP contribution in [0, 0.1) is 0 Å². The number of aromatic amines is 1. The van der Waals surface area contributed by atoms with Gasteiger partial charge in [0, 0.05) is 12.3 Å². The number of carboxylic acids is 1. The zero-order valence-electron chi connectivity index (χ0n) is 10.6. The summed E-state index contributed by atoms with van der Waals surface area (Å²) >= 11 is 0. The molecule has 0 atom stereocenters. The molecule has 1 aromatic carbocycles. The maximum Gasteiger partial charge on any atom is 0.336 e. The first-order chi connectivity index (χ1) is 10.1. The zero-order valence-corrected chi connectivity index (χ0v) is 10.6. The Bertz CT molecular complexity index is 846. The van der Waals surface area contributed by atoms with Crippen LogP contribution in [-0.4, -0.2) is 26.3 Å². The zero-order chi connectivity index (χ0) is 14.8. The number of aromatic carboxylic acids is 1. The standard InChI is InChI=1S/C14H9N3O4/c18-11-6-5-8(7-15-11)12-16-17-13(21-12)9-3-1-2-4-10(9)14(19)20/h1-7H,(H,15,18)(H,19,20). The van der Waals surface area contributed by atoms with Crippen LogP contribution in [0.2, 0.25) is 0 Å². The van der Waals surface area contributed by atoms with E-state index in [4.69, 9.17) is 9.52 Å². The van der Waals surface area contributed by atoms with Gasteiger partial charge >= 0.3 is 5.97 Å². The van der Waals surface area contributed by atoms with Gasteiger partial charge in [-0.1, -0.05) is 12.1 Å². The molecule has 7 heteroatoms. The summed E-state index contributed by atoms with van der Waals surface area (Å²) < 4.78 is 5.48. The molecule has 0 amide bonds. The van der Waals surface area contributed by atoms with Crippen molar-refractivity contribution in [3.05, 3.63) is 58.5 Å². The lowest BCUT2D eigenvalue weighted by Crippen LogP contribution is -2.01. The van der Waals surface area contributed by atoms with Gasteiger partial charge < -0.3 is 14.5 Å². The Kier molecular flexibility index (Phi) is 3.07. The number of benzene rings is 1. The van der Waals surface area contributed by atoms with E-state index in [0.29, 0.717) is 11.1 Å². The van der Waals surface area contributed by atoms with Gasteiger partial charge in [0.15, 0.2) is 0 Å². The molecule has 0 bridgehead atoms. The van der Waals surface area contributed by atoms with Crippen molar-refractivity contribution in [2.45, 2.75) is 0 Å². The van der Waals surface area contributed by atoms with Crippen molar-refractivity contribution < 1.29 is 14.3 Å². The number of hydrogen-bond acceptors (Lipinski definition) is 5. The average molecular weight is 283 g/mol. The Labute approximate surface area is 117 Å². The van der Waals surface area contributed by atoms with Crippen LogP contribution >= 0.6 is 0 Å². The second-order valence-corrected chi connectivity index (χ2v) is 4.20. The predicted octanol–water partition coefficient (Wildman–Crippen LogP) is 1.79. The van der Waals surface area contributed by atoms with E-state index in [1.54, 1.807) is 24.3 Å². The number of H-pyrrole nitrogens is 1. The van der Waals surface area contributed by atoms with Gasteiger partial charge in [0.2, 0.25) is 17.3 Å². The molecule has 2 heterocycles. The average Bonchev–Trinajstić information content (AvgIpc) is 2.97. The lowest BCUT2D eigenvalue weighted by Gasteiger charge is -2.00. The SMILES string of the molecule is O=C(O)c1ccccc1-c1nnc(-c2ccc(=O)[nH]c2)o1. The summed E-state index contributed by atoms with van der Waals surface area (Å²) in [5.41, 5.74) is 0.721. The lowest BCUT2D eigenvalue weighted by atomic mass is 10.1. The molecule has 104 valence electrons. The molecule has 0 spiro atoms. The van der Waals surface area contributed by atoms with Gasteiger partial charge in [0.25, 0.3) is 0 Å². The first-order valence-electron chi connectivity index (χ1n) is 6.00. The van der Waals surface area contributed by atoms with Crippen molar-refractivity contribution in [2.75, 3.05) is 0 Å². The van der Waals surface area contributed by atoms with E-state index in [1.807, 2.05) is 0 Å². The van der Waals surface area contributed by atoms with Crippen LogP contribution in [-0.2, 0) is 0 Å². The molecule has 0 aliphatic heterocycles. The summed E-state index contributed by atoms with van der Waals surface area (Å²) in [5, 5.41) is 16.9. The molecule has 0 radical (unpaired) electrons. The van der Waals surface area contributed by atoms with E-state index < -0.39 is 5.97 Å². The summed E-state index contributed by atoms with van der Waals surface area (Å²) in [4.78, 5) is 24.7. The number of carbonyl (C=O) groups is 1. The van der Waals surface area contributed by atoms with E-state index in [2.05, 4.69) is 15.2 Å². The van der Waals surface area contributed by atoms with Crippen molar-refractivity contribution in [3.8, 4) is 22.9 Å². The first-order valence-corrected chi connectivity index (χ1v) is 6.00. The second-order valence-electron chi connectivity index (χ2n) is 4.20. The smallest absolute Gasteiger partial charge is 0.336 e. The molecular formula is C14H9N3O4. The quantitative estimate of drug-likeness (QED) is 0.758. The second kappa shape index (κ2) is 5.04. The van der Waals surface area contributed by atoms with Crippen LogP contribution in [0.25, 0.3) is 22.9 Å². The first kappa shape index (κ1) is 12.8. The minimum atomic E-state index is -1.07. The van der Waals surface area contributed by atoms with E-state index in [0.717, 1.165) is 0 Å². The number of rotatable bonds is 3. The van der Waals surface area contributed by atoms with Gasteiger partial charge in [-0.05, 0) is 18.2 Å². The molecule has 21 heavy (non-hydrogen) atoms. The molecular weight excluding hydrogens is 274 g/mol. The maximum atomic E-state index is 11.2. The third kappa shape index (κ3) is 2.44. The fraction of sp³-hybridized carbons (Fsp3) is 0. The predicted molar refractivity (Wildman–Crippen MR) is 72.8 cm³/mol. The highest BCUT2D eigenvalue weighted by molar-refractivity contribution is 5.94. The van der Waals surface area contributed by atoms with E-state index in [9.17, 15) is 9.59 Å². The van der Waals surface area contributed by atoms with Crippen molar-refractivity contribution >= 4 is 5.97 Å². The fourth-order valence-electron chi connectivity index (χ4n) is 1.85. The van der Waals surface area contributed by atoms with Gasteiger partial charge in [-0.15, -0.1) is 10.2 Å². The van der Waals surface area contributed by atoms with E-state index in [1.165, 1.54) is 18.3 Å². The molecule has 0 unspecified atom stereocenters. The van der Waals surface area contributed by atoms with Crippen LogP contribution in [0.1, 0.15) is 10.4 Å². The highest BCUT2D eigenvalue weighted by Crippen LogP contribution is 2.25. The fourth-order valence-corrected chi connectivity index (χ4v) is 1.85. The number of carboxylic acid groups (broad SMARTS) is 1. The molecule has 7 nitrogen and oxygen atoms in total. The van der Waals surface area contributed by atoms with Crippen molar-refractivity contribution in [3.63, 3.8) is 0 Å². The number of nitrogens with zero attached hydrogens (tertiary/aromatic N) is 2. The molecule has 3 aromatic rings. The number of hydrogen-bond donors (Lipinski definition) is 2. The van der Waals surface area contributed by atoms with Gasteiger partial charge in [-0.2, -0.15) is 0 Å². The molecule has 0 saturated heterocycles. The molecule has 3 rings (SSSR count). The van der Waals surface area contributed by atoms with Crippen LogP contribution in [0.5, 0.6) is 0 Å². The van der Waals surface area contributed by atoms with Crippen LogP contribution in [0.15, 0.2) is 51.8 Å². The summed E-state index contributed by atoms with van der Waals surface area (Å²) in [6.07, 6.45) is 1.45. The third-order valence-electron chi connectivity index (χ3n) is 2.84. The maximum absolute atomic E-state index is 11.2. The van der Waals surface area contributed by atoms with Gasteiger partial charge in [-0.3, -0.25) is 4.79 Å².